The summed E-state index contributed by atoms with van der Waals surface area (Å²) in [5.41, 5.74) is 1.53. The van der Waals surface area contributed by atoms with Crippen LogP contribution < -0.4 is 15.6 Å². The summed E-state index contributed by atoms with van der Waals surface area (Å²) in [5, 5.41) is 11.0. The Morgan fingerprint density at radius 1 is 1.20 bits per heavy atom. The molecule has 12 heteroatoms. The number of carbonyl (C=O) groups excluding carboxylic acids is 2. The van der Waals surface area contributed by atoms with E-state index in [9.17, 15) is 23.6 Å². The van der Waals surface area contributed by atoms with Crippen molar-refractivity contribution in [1.29, 1.82) is 0 Å². The van der Waals surface area contributed by atoms with Gasteiger partial charge in [-0.15, -0.1) is 0 Å². The first-order chi connectivity index (χ1) is 21.0. The molecule has 1 radical (unpaired) electrons. The summed E-state index contributed by atoms with van der Waals surface area (Å²) in [6.45, 7) is 4.78. The number of carboxylic acid groups (broad SMARTS) is 1. The fourth-order valence-electron chi connectivity index (χ4n) is 6.91. The van der Waals surface area contributed by atoms with Crippen molar-refractivity contribution in [1.82, 2.24) is 20.2 Å². The number of ether oxygens (including phenoxy) is 1. The van der Waals surface area contributed by atoms with E-state index in [4.69, 9.17) is 9.84 Å². The number of halogens is 1. The number of nitrogens with zero attached hydrogens (tertiary/aromatic N) is 2. The van der Waals surface area contributed by atoms with Crippen LogP contribution in [0.4, 0.5) is 9.18 Å². The Balaban J connectivity index is 0.000000313. The molecule has 1 saturated heterocycles. The number of hydrogen-bond donors (Lipinski definition) is 3. The Kier molecular flexibility index (Phi) is 14.8. The number of likely N-dealkylation sites (tertiary alicyclic amines) is 1. The molecule has 1 aromatic carbocycles. The number of alkyl halides is 1. The second-order valence-electron chi connectivity index (χ2n) is 13.6. The van der Waals surface area contributed by atoms with Crippen LogP contribution in [-0.2, 0) is 34.6 Å². The van der Waals surface area contributed by atoms with Gasteiger partial charge < -0.3 is 37.3 Å². The number of hydrogen-bond acceptors (Lipinski definition) is 6. The van der Waals surface area contributed by atoms with Crippen LogP contribution in [0, 0.1) is 36.5 Å². The molecule has 2 aliphatic carbocycles. The zero-order chi connectivity index (χ0) is 32.0. The van der Waals surface area contributed by atoms with Crippen molar-refractivity contribution in [2.45, 2.75) is 90.6 Å². The predicted octanol–water partition coefficient (Wildman–Crippen LogP) is 5.58. The van der Waals surface area contributed by atoms with Gasteiger partial charge in [-0.2, -0.15) is 0 Å². The number of methoxy groups -OCH3 is 1. The Hall–Kier alpha value is -2.92. The van der Waals surface area contributed by atoms with Gasteiger partial charge in [0, 0.05) is 37.1 Å². The Morgan fingerprint density at radius 2 is 1.93 bits per heavy atom. The number of aromatic amines is 1. The molecule has 1 aliphatic heterocycles. The van der Waals surface area contributed by atoms with E-state index in [0.29, 0.717) is 18.4 Å². The molecule has 2 heterocycles. The van der Waals surface area contributed by atoms with Crippen LogP contribution in [0.1, 0.15) is 77.8 Å². The number of rotatable bonds is 11. The number of carbonyl (C=O) groups is 3. The second-order valence-corrected chi connectivity index (χ2v) is 13.6. The standard InChI is InChI=1S/C20H26N2O2.C13H21FN2O4.CH3.V/c1-24-15-8-10-17-19(12-15)22-20(23)18(21-17)6-4-2-3-5-13-11-14-7-9-16(13)14;1-13(2,3)10(15-12(19)20)11(18)16-5-4-8(6-14)9(16)7-17;;/h8,10,12-14,16H,2-7,9,11H2,1H3,(H,22,23);7-10,15H,4-6H2,1-3H3,(H,19,20);1H3;/q;;-1;/t13?,14?,16-;8?,9?,10-;;/m01../s1. The summed E-state index contributed by atoms with van der Waals surface area (Å²) < 4.78 is 18.0. The Labute approximate surface area is 283 Å². The van der Waals surface area contributed by atoms with E-state index in [1.807, 2.05) is 18.2 Å². The van der Waals surface area contributed by atoms with Crippen molar-refractivity contribution in [3.05, 3.63) is 41.7 Å². The number of unbranched alkanes of at least 4 members (excludes halogenated alkanes) is 2. The summed E-state index contributed by atoms with van der Waals surface area (Å²) in [6, 6.07) is 3.82. The van der Waals surface area contributed by atoms with E-state index in [0.717, 1.165) is 47.4 Å². The fraction of sp³-hybridized carbons (Fsp3) is 0.647. The molecule has 3 N–H and O–H groups in total. The van der Waals surface area contributed by atoms with E-state index in [1.54, 1.807) is 27.9 Å². The summed E-state index contributed by atoms with van der Waals surface area (Å²) in [5.74, 6) is 2.94. The zero-order valence-corrected chi connectivity index (χ0v) is 29.2. The van der Waals surface area contributed by atoms with Gasteiger partial charge in [-0.05, 0) is 73.8 Å². The number of H-pyrrole nitrogens is 1. The van der Waals surface area contributed by atoms with Crippen LogP contribution in [0.5, 0.6) is 5.75 Å². The van der Waals surface area contributed by atoms with Gasteiger partial charge in [0.05, 0.1) is 30.9 Å². The molecule has 0 spiro atoms. The van der Waals surface area contributed by atoms with Gasteiger partial charge >= 0.3 is 6.09 Å². The minimum absolute atomic E-state index is 0. The van der Waals surface area contributed by atoms with Gasteiger partial charge in [-0.25, -0.2) is 9.78 Å². The minimum Gasteiger partial charge on any atom is -0.497 e. The number of aromatic nitrogens is 2. The summed E-state index contributed by atoms with van der Waals surface area (Å²) in [7, 11) is 1.62. The largest absolute Gasteiger partial charge is 0.497 e. The number of aryl methyl sites for hydroxylation is 1. The smallest absolute Gasteiger partial charge is 0.405 e. The molecule has 5 rings (SSSR count). The predicted molar refractivity (Wildman–Crippen MR) is 172 cm³/mol. The first kappa shape index (κ1) is 39.3. The van der Waals surface area contributed by atoms with Crippen molar-refractivity contribution < 1.29 is 47.2 Å². The third-order valence-corrected chi connectivity index (χ3v) is 9.73. The third kappa shape index (κ3) is 9.34. The van der Waals surface area contributed by atoms with E-state index >= 15 is 0 Å². The molecule has 10 nitrogen and oxygen atoms in total. The molecule has 2 amide bonds. The maximum atomic E-state index is 12.8. The fourth-order valence-corrected chi connectivity index (χ4v) is 6.91. The van der Waals surface area contributed by atoms with Crippen molar-refractivity contribution >= 4 is 29.3 Å². The summed E-state index contributed by atoms with van der Waals surface area (Å²) in [6.07, 6.45) is 9.86. The first-order valence-electron chi connectivity index (χ1n) is 15.8. The van der Waals surface area contributed by atoms with E-state index < -0.39 is 42.1 Å². The molecule has 4 unspecified atom stereocenters. The molecular formula is C34H50FN4O6V-. The number of amides is 2. The molecule has 255 valence electrons. The van der Waals surface area contributed by atoms with Crippen molar-refractivity contribution in [2.75, 3.05) is 20.3 Å². The van der Waals surface area contributed by atoms with Crippen LogP contribution in [-0.4, -0.2) is 70.7 Å². The number of fused-ring (bicyclic) bond motifs is 2. The van der Waals surface area contributed by atoms with Gasteiger partial charge in [0.1, 0.15) is 23.8 Å². The third-order valence-electron chi connectivity index (χ3n) is 9.73. The van der Waals surface area contributed by atoms with Crippen LogP contribution in [0.3, 0.4) is 0 Å². The van der Waals surface area contributed by atoms with E-state index in [2.05, 4.69) is 15.3 Å². The normalized spacial score (nSPS) is 23.6. The Bertz CT molecular complexity index is 1380. The summed E-state index contributed by atoms with van der Waals surface area (Å²) in [4.78, 5) is 55.3. The van der Waals surface area contributed by atoms with Crippen LogP contribution >= 0.6 is 0 Å². The molecule has 1 aromatic heterocycles. The quantitative estimate of drug-likeness (QED) is 0.160. The molecule has 3 aliphatic rings. The zero-order valence-electron chi connectivity index (χ0n) is 27.8. The minimum atomic E-state index is -1.30. The van der Waals surface area contributed by atoms with Gasteiger partial charge in [-0.3, -0.25) is 14.0 Å². The number of nitrogens with one attached hydrogen (secondary N) is 2. The van der Waals surface area contributed by atoms with E-state index in [-0.39, 0.29) is 38.1 Å². The van der Waals surface area contributed by atoms with Crippen molar-refractivity contribution in [3.8, 4) is 5.75 Å². The molecule has 2 aromatic rings. The maximum absolute atomic E-state index is 12.8. The van der Waals surface area contributed by atoms with Crippen molar-refractivity contribution in [3.63, 3.8) is 0 Å². The SMILES string of the molecule is CC(C)(C)[C@H](NC(=O)O)C(=O)N1CCC(CF)C1C=O.COc1ccc2nc(CCCCCC3CC4CC[C@@H]34)c(=O)[nH]c2c1.[CH3-].[V]. The van der Waals surface area contributed by atoms with Crippen LogP contribution in [0.15, 0.2) is 23.0 Å². The van der Waals surface area contributed by atoms with E-state index in [1.165, 1.54) is 43.4 Å². The second kappa shape index (κ2) is 17.3. The van der Waals surface area contributed by atoms with Gasteiger partial charge in [0.25, 0.3) is 5.56 Å². The number of benzene rings is 1. The van der Waals surface area contributed by atoms with Gasteiger partial charge in [0.15, 0.2) is 0 Å². The molecule has 2 saturated carbocycles. The average molecular weight is 681 g/mol. The van der Waals surface area contributed by atoms with Gasteiger partial charge in [0.2, 0.25) is 5.91 Å². The number of aldehydes is 1. The molecule has 46 heavy (non-hydrogen) atoms. The Morgan fingerprint density at radius 3 is 2.48 bits per heavy atom. The molecule has 6 atom stereocenters. The van der Waals surface area contributed by atoms with Crippen molar-refractivity contribution in [2.24, 2.45) is 29.1 Å². The first-order valence-corrected chi connectivity index (χ1v) is 15.8. The van der Waals surface area contributed by atoms with Gasteiger partial charge in [-0.1, -0.05) is 40.0 Å². The maximum Gasteiger partial charge on any atom is 0.405 e. The molecule has 3 fully saturated rings. The summed E-state index contributed by atoms with van der Waals surface area (Å²) >= 11 is 0. The molecular weight excluding hydrogens is 630 g/mol. The average Bonchev–Trinajstić information content (AvgIpc) is 3.40. The monoisotopic (exact) mass is 680 g/mol. The topological polar surface area (TPSA) is 142 Å². The molecule has 0 bridgehead atoms. The van der Waals surface area contributed by atoms with Crippen LogP contribution in [0.2, 0.25) is 0 Å². The van der Waals surface area contributed by atoms with Crippen LogP contribution in [0.25, 0.3) is 11.0 Å².